The lowest BCUT2D eigenvalue weighted by atomic mass is 10.1. The zero-order chi connectivity index (χ0) is 13.1. The lowest BCUT2D eigenvalue weighted by molar-refractivity contribution is -0.115. The quantitative estimate of drug-likeness (QED) is 0.838. The Hall–Kier alpha value is -1.29. The van der Waals surface area contributed by atoms with Crippen molar-refractivity contribution in [2.45, 2.75) is 33.2 Å². The molecule has 0 atom stereocenters. The molecule has 4 heteroatoms. The van der Waals surface area contributed by atoms with Crippen molar-refractivity contribution in [1.29, 1.82) is 0 Å². The van der Waals surface area contributed by atoms with E-state index < -0.39 is 0 Å². The van der Waals surface area contributed by atoms with Gasteiger partial charge in [-0.25, -0.2) is 0 Å². The maximum Gasteiger partial charge on any atom is 0.243 e. The number of aliphatic imine (C=N–C) groups is 1. The van der Waals surface area contributed by atoms with E-state index in [-0.39, 0.29) is 11.9 Å². The van der Waals surface area contributed by atoms with E-state index in [4.69, 9.17) is 0 Å². The average Bonchev–Trinajstić information content (AvgIpc) is 2.69. The van der Waals surface area contributed by atoms with Crippen LogP contribution < -0.4 is 4.90 Å². The summed E-state index contributed by atoms with van der Waals surface area (Å²) in [5, 5.41) is 0.830. The summed E-state index contributed by atoms with van der Waals surface area (Å²) in [4.78, 5) is 18.4. The maximum atomic E-state index is 12.1. The molecule has 1 heterocycles. The number of carbonyl (C=O) groups is 1. The van der Waals surface area contributed by atoms with Crippen LogP contribution in [0.3, 0.4) is 0 Å². The van der Waals surface area contributed by atoms with Crippen molar-refractivity contribution in [2.75, 3.05) is 10.7 Å². The fourth-order valence-corrected chi connectivity index (χ4v) is 2.94. The number of para-hydroxylation sites is 1. The number of hydrogen-bond acceptors (Lipinski definition) is 3. The van der Waals surface area contributed by atoms with Gasteiger partial charge in [-0.05, 0) is 31.9 Å². The lowest BCUT2D eigenvalue weighted by Crippen LogP contribution is -2.30. The summed E-state index contributed by atoms with van der Waals surface area (Å²) in [5.74, 6) is 0.615. The Morgan fingerprint density at radius 3 is 2.78 bits per heavy atom. The highest BCUT2D eigenvalue weighted by Crippen LogP contribution is 2.30. The first-order chi connectivity index (χ1) is 8.63. The summed E-state index contributed by atoms with van der Waals surface area (Å²) in [6, 6.07) is 8.25. The van der Waals surface area contributed by atoms with E-state index in [0.29, 0.717) is 5.75 Å². The maximum absolute atomic E-state index is 12.1. The molecule has 0 aromatic heterocycles. The molecular formula is C14H18N2OS. The lowest BCUT2D eigenvalue weighted by Gasteiger charge is -2.19. The third-order valence-electron chi connectivity index (χ3n) is 2.75. The molecule has 1 saturated heterocycles. The number of anilines is 1. The molecule has 1 aliphatic rings. The Morgan fingerprint density at radius 1 is 1.39 bits per heavy atom. The summed E-state index contributed by atoms with van der Waals surface area (Å²) >= 11 is 1.53. The molecular weight excluding hydrogens is 244 g/mol. The highest BCUT2D eigenvalue weighted by molar-refractivity contribution is 8.15. The van der Waals surface area contributed by atoms with Crippen LogP contribution in [0.2, 0.25) is 0 Å². The smallest absolute Gasteiger partial charge is 0.243 e. The molecule has 0 bridgehead atoms. The van der Waals surface area contributed by atoms with Gasteiger partial charge in [0.05, 0.1) is 11.4 Å². The molecule has 1 aliphatic heterocycles. The summed E-state index contributed by atoms with van der Waals surface area (Å²) in [6.45, 7) is 6.16. The highest BCUT2D eigenvalue weighted by Gasteiger charge is 2.30. The molecule has 0 saturated carbocycles. The van der Waals surface area contributed by atoms with Crippen LogP contribution in [-0.4, -0.2) is 22.9 Å². The van der Waals surface area contributed by atoms with Crippen molar-refractivity contribution in [1.82, 2.24) is 0 Å². The van der Waals surface area contributed by atoms with Gasteiger partial charge in [-0.3, -0.25) is 14.7 Å². The molecule has 96 valence electrons. The van der Waals surface area contributed by atoms with Gasteiger partial charge in [-0.15, -0.1) is 0 Å². The zero-order valence-corrected chi connectivity index (χ0v) is 11.8. The molecule has 1 fully saturated rings. The van der Waals surface area contributed by atoms with Gasteiger partial charge in [-0.1, -0.05) is 36.9 Å². The summed E-state index contributed by atoms with van der Waals surface area (Å²) < 4.78 is 0. The number of aryl methyl sites for hydroxylation is 1. The largest absolute Gasteiger partial charge is 0.273 e. The molecule has 1 amide bonds. The number of hydrogen-bond donors (Lipinski definition) is 0. The first-order valence-electron chi connectivity index (χ1n) is 6.25. The zero-order valence-electron chi connectivity index (χ0n) is 11.0. The van der Waals surface area contributed by atoms with Crippen LogP contribution in [0.5, 0.6) is 0 Å². The van der Waals surface area contributed by atoms with Crippen LogP contribution in [0.4, 0.5) is 5.69 Å². The van der Waals surface area contributed by atoms with Gasteiger partial charge < -0.3 is 0 Å². The molecule has 0 aliphatic carbocycles. The molecule has 1 aromatic rings. The van der Waals surface area contributed by atoms with E-state index in [1.807, 2.05) is 32.0 Å². The number of benzene rings is 1. The molecule has 2 rings (SSSR count). The second kappa shape index (κ2) is 5.57. The monoisotopic (exact) mass is 262 g/mol. The first-order valence-corrected chi connectivity index (χ1v) is 7.23. The van der Waals surface area contributed by atoms with Crippen LogP contribution in [0.25, 0.3) is 0 Å². The van der Waals surface area contributed by atoms with E-state index in [2.05, 4.69) is 18.0 Å². The molecule has 3 nitrogen and oxygen atoms in total. The molecule has 0 radical (unpaired) electrons. The van der Waals surface area contributed by atoms with Gasteiger partial charge in [0.15, 0.2) is 5.17 Å². The second-order valence-corrected chi connectivity index (χ2v) is 5.45. The van der Waals surface area contributed by atoms with Crippen molar-refractivity contribution in [3.05, 3.63) is 29.8 Å². The number of amidine groups is 1. The van der Waals surface area contributed by atoms with Crippen LogP contribution in [0.15, 0.2) is 29.3 Å². The predicted octanol–water partition coefficient (Wildman–Crippen LogP) is 3.09. The molecule has 0 spiro atoms. The van der Waals surface area contributed by atoms with E-state index in [9.17, 15) is 4.79 Å². The molecule has 0 unspecified atom stereocenters. The fraction of sp³-hybridized carbons (Fsp3) is 0.429. The standard InChI is InChI=1S/C14H18N2OS/c1-4-11-7-5-6-8-12(11)16-13(17)9-18-14(16)15-10(2)3/h5-8,10H,4,9H2,1-3H3. The summed E-state index contributed by atoms with van der Waals surface area (Å²) in [7, 11) is 0. The third-order valence-corrected chi connectivity index (χ3v) is 3.68. The van der Waals surface area contributed by atoms with Gasteiger partial charge in [-0.2, -0.15) is 0 Å². The Bertz CT molecular complexity index is 482. The normalized spacial score (nSPS) is 18.1. The Kier molecular flexibility index (Phi) is 4.07. The van der Waals surface area contributed by atoms with Crippen LogP contribution >= 0.6 is 11.8 Å². The van der Waals surface area contributed by atoms with Crippen molar-refractivity contribution < 1.29 is 4.79 Å². The number of thioether (sulfide) groups is 1. The van der Waals surface area contributed by atoms with Crippen molar-refractivity contribution in [3.63, 3.8) is 0 Å². The van der Waals surface area contributed by atoms with Gasteiger partial charge in [0, 0.05) is 6.04 Å². The number of carbonyl (C=O) groups excluding carboxylic acids is 1. The van der Waals surface area contributed by atoms with E-state index in [0.717, 1.165) is 17.3 Å². The van der Waals surface area contributed by atoms with E-state index in [1.54, 1.807) is 4.90 Å². The highest BCUT2D eigenvalue weighted by atomic mass is 32.2. The third kappa shape index (κ3) is 2.58. The minimum atomic E-state index is 0.125. The topological polar surface area (TPSA) is 32.7 Å². The minimum Gasteiger partial charge on any atom is -0.273 e. The Morgan fingerprint density at radius 2 is 2.11 bits per heavy atom. The molecule has 18 heavy (non-hydrogen) atoms. The minimum absolute atomic E-state index is 0.125. The van der Waals surface area contributed by atoms with Crippen molar-refractivity contribution in [3.8, 4) is 0 Å². The van der Waals surface area contributed by atoms with Gasteiger partial charge >= 0.3 is 0 Å². The fourth-order valence-electron chi connectivity index (χ4n) is 1.94. The van der Waals surface area contributed by atoms with Crippen LogP contribution in [-0.2, 0) is 11.2 Å². The van der Waals surface area contributed by atoms with E-state index >= 15 is 0 Å². The number of rotatable bonds is 3. The predicted molar refractivity (Wildman–Crippen MR) is 78.3 cm³/mol. The van der Waals surface area contributed by atoms with Gasteiger partial charge in [0.2, 0.25) is 5.91 Å². The number of nitrogens with zero attached hydrogens (tertiary/aromatic N) is 2. The van der Waals surface area contributed by atoms with Crippen LogP contribution in [0, 0.1) is 0 Å². The average molecular weight is 262 g/mol. The second-order valence-electron chi connectivity index (χ2n) is 4.51. The summed E-state index contributed by atoms with van der Waals surface area (Å²) in [5.41, 5.74) is 2.17. The van der Waals surface area contributed by atoms with Crippen molar-refractivity contribution >= 4 is 28.5 Å². The van der Waals surface area contributed by atoms with Gasteiger partial charge in [0.1, 0.15) is 0 Å². The van der Waals surface area contributed by atoms with Crippen molar-refractivity contribution in [2.24, 2.45) is 4.99 Å². The first kappa shape index (κ1) is 13.1. The van der Waals surface area contributed by atoms with Crippen LogP contribution in [0.1, 0.15) is 26.3 Å². The molecule has 1 aromatic carbocycles. The van der Waals surface area contributed by atoms with Gasteiger partial charge in [0.25, 0.3) is 0 Å². The molecule has 0 N–H and O–H groups in total. The Balaban J connectivity index is 2.43. The number of amides is 1. The Labute approximate surface area is 112 Å². The van der Waals surface area contributed by atoms with E-state index in [1.165, 1.54) is 17.3 Å². The SMILES string of the molecule is CCc1ccccc1N1C(=O)CSC1=NC(C)C. The summed E-state index contributed by atoms with van der Waals surface area (Å²) in [6.07, 6.45) is 0.916.